The van der Waals surface area contributed by atoms with Gasteiger partial charge in [-0.25, -0.2) is 0 Å². The summed E-state index contributed by atoms with van der Waals surface area (Å²) in [5.74, 6) is 0. The molecule has 0 aliphatic heterocycles. The molecule has 0 amide bonds. The summed E-state index contributed by atoms with van der Waals surface area (Å²) in [4.78, 5) is 2.21. The van der Waals surface area contributed by atoms with Crippen LogP contribution in [0.25, 0.3) is 0 Å². The van der Waals surface area contributed by atoms with Crippen molar-refractivity contribution in [3.05, 3.63) is 34.9 Å². The molecule has 0 heterocycles. The summed E-state index contributed by atoms with van der Waals surface area (Å²) < 4.78 is 0. The first-order valence-electron chi connectivity index (χ1n) is 5.80. The molecule has 2 unspecified atom stereocenters. The van der Waals surface area contributed by atoms with Crippen LogP contribution in [0.2, 0.25) is 5.02 Å². The van der Waals surface area contributed by atoms with Gasteiger partial charge in [-0.05, 0) is 37.9 Å². The van der Waals surface area contributed by atoms with Crippen LogP contribution in [0.15, 0.2) is 24.3 Å². The second kappa shape index (κ2) is 5.17. The predicted molar refractivity (Wildman–Crippen MR) is 66.6 cm³/mol. The molecule has 0 saturated heterocycles. The number of nitrogens with zero attached hydrogens (tertiary/aromatic N) is 1. The predicted octanol–water partition coefficient (Wildman–Crippen LogP) is 2.69. The van der Waals surface area contributed by atoms with E-state index in [1.807, 2.05) is 24.3 Å². The van der Waals surface area contributed by atoms with Crippen LogP contribution in [0.1, 0.15) is 24.8 Å². The van der Waals surface area contributed by atoms with E-state index in [4.69, 9.17) is 11.6 Å². The Morgan fingerprint density at radius 2 is 2.12 bits per heavy atom. The Kier molecular flexibility index (Phi) is 3.85. The molecule has 2 rings (SSSR count). The van der Waals surface area contributed by atoms with Crippen LogP contribution >= 0.6 is 11.6 Å². The minimum Gasteiger partial charge on any atom is -0.391 e. The minimum absolute atomic E-state index is 0.174. The van der Waals surface area contributed by atoms with Crippen molar-refractivity contribution in [2.24, 2.45) is 0 Å². The average Bonchev–Trinajstić information content (AvgIpc) is 2.68. The highest BCUT2D eigenvalue weighted by Crippen LogP contribution is 2.25. The summed E-state index contributed by atoms with van der Waals surface area (Å²) in [7, 11) is 2.06. The van der Waals surface area contributed by atoms with Crippen molar-refractivity contribution < 1.29 is 5.11 Å². The Morgan fingerprint density at radius 3 is 2.75 bits per heavy atom. The zero-order valence-electron chi connectivity index (χ0n) is 9.56. The molecule has 16 heavy (non-hydrogen) atoms. The van der Waals surface area contributed by atoms with Crippen LogP contribution in [0.3, 0.4) is 0 Å². The third-order valence-electron chi connectivity index (χ3n) is 3.39. The third-order valence-corrected chi connectivity index (χ3v) is 3.76. The quantitative estimate of drug-likeness (QED) is 0.877. The number of rotatable bonds is 3. The minimum atomic E-state index is -0.174. The summed E-state index contributed by atoms with van der Waals surface area (Å²) in [6.07, 6.45) is 2.96. The number of aliphatic hydroxyl groups excluding tert-OH is 1. The van der Waals surface area contributed by atoms with Gasteiger partial charge in [-0.1, -0.05) is 29.8 Å². The van der Waals surface area contributed by atoms with Gasteiger partial charge in [-0.15, -0.1) is 0 Å². The Hall–Kier alpha value is -0.570. The zero-order chi connectivity index (χ0) is 11.5. The van der Waals surface area contributed by atoms with E-state index in [-0.39, 0.29) is 12.1 Å². The molecular weight excluding hydrogens is 222 g/mol. The van der Waals surface area contributed by atoms with Gasteiger partial charge in [-0.2, -0.15) is 0 Å². The molecule has 0 radical (unpaired) electrons. The van der Waals surface area contributed by atoms with E-state index in [9.17, 15) is 5.11 Å². The smallest absolute Gasteiger partial charge is 0.0695 e. The normalized spacial score (nSPS) is 25.2. The summed E-state index contributed by atoms with van der Waals surface area (Å²) in [5, 5.41) is 10.6. The van der Waals surface area contributed by atoms with Crippen molar-refractivity contribution in [3.8, 4) is 0 Å². The topological polar surface area (TPSA) is 23.5 Å². The Morgan fingerprint density at radius 1 is 1.38 bits per heavy atom. The standard InChI is InChI=1S/C13H18ClNO/c1-15(12-7-4-8-13(12)16)9-10-5-2-3-6-11(10)14/h2-3,5-6,12-13,16H,4,7-9H2,1H3. The molecule has 0 bridgehead atoms. The number of aliphatic hydroxyl groups is 1. The summed E-state index contributed by atoms with van der Waals surface area (Å²) in [6, 6.07) is 8.18. The average molecular weight is 240 g/mol. The lowest BCUT2D eigenvalue weighted by atomic mass is 10.1. The molecule has 2 atom stereocenters. The molecule has 88 valence electrons. The highest BCUT2D eigenvalue weighted by Gasteiger charge is 2.28. The van der Waals surface area contributed by atoms with Crippen molar-refractivity contribution in [3.63, 3.8) is 0 Å². The van der Waals surface area contributed by atoms with E-state index in [0.29, 0.717) is 0 Å². The Bertz CT molecular complexity index is 356. The maximum absolute atomic E-state index is 9.83. The van der Waals surface area contributed by atoms with Crippen molar-refractivity contribution in [1.82, 2.24) is 4.90 Å². The molecule has 0 spiro atoms. The molecule has 1 aliphatic carbocycles. The first-order chi connectivity index (χ1) is 7.68. The van der Waals surface area contributed by atoms with Gasteiger partial charge >= 0.3 is 0 Å². The Balaban J connectivity index is 2.02. The van der Waals surface area contributed by atoms with Crippen molar-refractivity contribution in [2.45, 2.75) is 38.0 Å². The molecule has 0 aromatic heterocycles. The third kappa shape index (κ3) is 2.57. The fourth-order valence-electron chi connectivity index (χ4n) is 2.45. The highest BCUT2D eigenvalue weighted by molar-refractivity contribution is 6.31. The number of hydrogen-bond acceptors (Lipinski definition) is 2. The number of hydrogen-bond donors (Lipinski definition) is 1. The van der Waals surface area contributed by atoms with Gasteiger partial charge in [0.15, 0.2) is 0 Å². The lowest BCUT2D eigenvalue weighted by Crippen LogP contribution is -2.37. The van der Waals surface area contributed by atoms with E-state index < -0.39 is 0 Å². The lowest BCUT2D eigenvalue weighted by molar-refractivity contribution is 0.0825. The monoisotopic (exact) mass is 239 g/mol. The molecule has 1 saturated carbocycles. The number of benzene rings is 1. The lowest BCUT2D eigenvalue weighted by Gasteiger charge is -2.27. The zero-order valence-corrected chi connectivity index (χ0v) is 10.3. The second-order valence-corrected chi connectivity index (χ2v) is 4.98. The van der Waals surface area contributed by atoms with Crippen LogP contribution < -0.4 is 0 Å². The van der Waals surface area contributed by atoms with E-state index in [0.717, 1.165) is 36.4 Å². The maximum atomic E-state index is 9.83. The van der Waals surface area contributed by atoms with E-state index in [1.54, 1.807) is 0 Å². The van der Waals surface area contributed by atoms with Crippen molar-refractivity contribution in [1.29, 1.82) is 0 Å². The van der Waals surface area contributed by atoms with Crippen molar-refractivity contribution >= 4 is 11.6 Å². The van der Waals surface area contributed by atoms with Gasteiger partial charge in [0.1, 0.15) is 0 Å². The fourth-order valence-corrected chi connectivity index (χ4v) is 2.64. The molecule has 1 N–H and O–H groups in total. The molecule has 1 aliphatic rings. The van der Waals surface area contributed by atoms with Crippen LogP contribution in [0.5, 0.6) is 0 Å². The fraction of sp³-hybridized carbons (Fsp3) is 0.538. The van der Waals surface area contributed by atoms with Crippen LogP contribution in [-0.4, -0.2) is 29.2 Å². The first-order valence-corrected chi connectivity index (χ1v) is 6.18. The van der Waals surface area contributed by atoms with Crippen LogP contribution in [0.4, 0.5) is 0 Å². The molecule has 1 aromatic rings. The number of likely N-dealkylation sites (N-methyl/N-ethyl adjacent to an activating group) is 1. The van der Waals surface area contributed by atoms with Gasteiger partial charge in [0.2, 0.25) is 0 Å². The molecule has 3 heteroatoms. The van der Waals surface area contributed by atoms with Crippen LogP contribution in [0, 0.1) is 0 Å². The van der Waals surface area contributed by atoms with E-state index in [1.165, 1.54) is 0 Å². The second-order valence-electron chi connectivity index (χ2n) is 4.57. The van der Waals surface area contributed by atoms with Gasteiger partial charge < -0.3 is 5.11 Å². The van der Waals surface area contributed by atoms with E-state index >= 15 is 0 Å². The van der Waals surface area contributed by atoms with Gasteiger partial charge in [0, 0.05) is 17.6 Å². The largest absolute Gasteiger partial charge is 0.391 e. The van der Waals surface area contributed by atoms with E-state index in [2.05, 4.69) is 11.9 Å². The maximum Gasteiger partial charge on any atom is 0.0695 e. The number of halogens is 1. The SMILES string of the molecule is CN(Cc1ccccc1Cl)C1CCCC1O. The molecule has 1 aromatic carbocycles. The molecule has 1 fully saturated rings. The first kappa shape index (κ1) is 11.9. The summed E-state index contributed by atoms with van der Waals surface area (Å²) in [5.41, 5.74) is 1.13. The van der Waals surface area contributed by atoms with Gasteiger partial charge in [0.25, 0.3) is 0 Å². The summed E-state index contributed by atoms with van der Waals surface area (Å²) >= 11 is 6.12. The van der Waals surface area contributed by atoms with Crippen LogP contribution in [-0.2, 0) is 6.54 Å². The molecular formula is C13H18ClNO. The van der Waals surface area contributed by atoms with Crippen molar-refractivity contribution in [2.75, 3.05) is 7.05 Å². The van der Waals surface area contributed by atoms with Gasteiger partial charge in [-0.3, -0.25) is 4.90 Å². The summed E-state index contributed by atoms with van der Waals surface area (Å²) in [6.45, 7) is 0.807. The molecule has 2 nitrogen and oxygen atoms in total. The Labute approximate surface area is 102 Å². The van der Waals surface area contributed by atoms with Gasteiger partial charge in [0.05, 0.1) is 6.10 Å². The highest BCUT2D eigenvalue weighted by atomic mass is 35.5.